The summed E-state index contributed by atoms with van der Waals surface area (Å²) in [6.07, 6.45) is 1.04. The maximum Gasteiger partial charge on any atom is 0.191 e. The Morgan fingerprint density at radius 2 is 2.12 bits per heavy atom. The van der Waals surface area contributed by atoms with Crippen LogP contribution in [0.25, 0.3) is 0 Å². The number of morpholine rings is 1. The van der Waals surface area contributed by atoms with Gasteiger partial charge in [0.2, 0.25) is 0 Å². The number of hydrogen-bond acceptors (Lipinski definition) is 3. The van der Waals surface area contributed by atoms with Crippen LogP contribution in [0.3, 0.4) is 0 Å². The average Bonchev–Trinajstić information content (AvgIpc) is 2.58. The average molecular weight is 401 g/mol. The first-order valence-electron chi connectivity index (χ1n) is 8.45. The summed E-state index contributed by atoms with van der Waals surface area (Å²) in [4.78, 5) is 6.87. The molecule has 0 bridgehead atoms. The molecular formula is C17H26BrFN4O. The van der Waals surface area contributed by atoms with Gasteiger partial charge in [-0.1, -0.05) is 22.0 Å². The van der Waals surface area contributed by atoms with Gasteiger partial charge in [-0.2, -0.15) is 0 Å². The van der Waals surface area contributed by atoms with Crippen LogP contribution in [0, 0.1) is 5.82 Å². The van der Waals surface area contributed by atoms with E-state index in [0.717, 1.165) is 62.8 Å². The Labute approximate surface area is 151 Å². The first-order chi connectivity index (χ1) is 11.7. The van der Waals surface area contributed by atoms with E-state index in [4.69, 9.17) is 4.74 Å². The van der Waals surface area contributed by atoms with Gasteiger partial charge in [-0.15, -0.1) is 0 Å². The second-order valence-electron chi connectivity index (χ2n) is 5.67. The van der Waals surface area contributed by atoms with E-state index < -0.39 is 0 Å². The number of ether oxygens (including phenoxy) is 1. The molecule has 5 nitrogen and oxygen atoms in total. The van der Waals surface area contributed by atoms with Crippen LogP contribution >= 0.6 is 15.9 Å². The van der Waals surface area contributed by atoms with Gasteiger partial charge < -0.3 is 15.4 Å². The summed E-state index contributed by atoms with van der Waals surface area (Å²) in [5.41, 5.74) is 0.587. The van der Waals surface area contributed by atoms with Gasteiger partial charge in [-0.3, -0.25) is 4.90 Å². The Kier molecular flexibility index (Phi) is 8.49. The van der Waals surface area contributed by atoms with Crippen LogP contribution < -0.4 is 10.6 Å². The lowest BCUT2D eigenvalue weighted by molar-refractivity contribution is 0.0376. The lowest BCUT2D eigenvalue weighted by Crippen LogP contribution is -2.40. The van der Waals surface area contributed by atoms with E-state index in [0.29, 0.717) is 12.1 Å². The largest absolute Gasteiger partial charge is 0.379 e. The van der Waals surface area contributed by atoms with Crippen LogP contribution in [0.1, 0.15) is 18.9 Å². The number of rotatable bonds is 7. The van der Waals surface area contributed by atoms with Crippen molar-refractivity contribution in [2.24, 2.45) is 4.99 Å². The highest BCUT2D eigenvalue weighted by Gasteiger charge is 2.09. The molecule has 0 spiro atoms. The van der Waals surface area contributed by atoms with Gasteiger partial charge in [-0.25, -0.2) is 9.38 Å². The maximum absolute atomic E-state index is 13.8. The molecule has 1 heterocycles. The summed E-state index contributed by atoms with van der Waals surface area (Å²) in [7, 11) is 0. The number of nitrogens with zero attached hydrogens (tertiary/aromatic N) is 2. The monoisotopic (exact) mass is 400 g/mol. The third kappa shape index (κ3) is 6.75. The van der Waals surface area contributed by atoms with Crippen molar-refractivity contribution in [1.29, 1.82) is 0 Å². The molecule has 0 atom stereocenters. The molecule has 1 aliphatic rings. The van der Waals surface area contributed by atoms with E-state index in [-0.39, 0.29) is 5.82 Å². The molecule has 7 heteroatoms. The van der Waals surface area contributed by atoms with Gasteiger partial charge in [0, 0.05) is 36.2 Å². The quantitative estimate of drug-likeness (QED) is 0.419. The van der Waals surface area contributed by atoms with Crippen molar-refractivity contribution in [3.8, 4) is 0 Å². The molecular weight excluding hydrogens is 375 g/mol. The van der Waals surface area contributed by atoms with Gasteiger partial charge >= 0.3 is 0 Å². The van der Waals surface area contributed by atoms with Crippen molar-refractivity contribution < 1.29 is 9.13 Å². The van der Waals surface area contributed by atoms with Crippen molar-refractivity contribution in [3.63, 3.8) is 0 Å². The van der Waals surface area contributed by atoms with Gasteiger partial charge in [0.15, 0.2) is 5.96 Å². The molecule has 0 radical (unpaired) electrons. The number of hydrogen-bond donors (Lipinski definition) is 2. The molecule has 1 aromatic carbocycles. The zero-order valence-electron chi connectivity index (χ0n) is 14.2. The van der Waals surface area contributed by atoms with Crippen LogP contribution in [0.5, 0.6) is 0 Å². The number of nitrogens with one attached hydrogen (secondary N) is 2. The number of guanidine groups is 1. The fraction of sp³-hybridized carbons (Fsp3) is 0.588. The van der Waals surface area contributed by atoms with Crippen molar-refractivity contribution in [2.45, 2.75) is 19.9 Å². The van der Waals surface area contributed by atoms with Crippen LogP contribution in [-0.4, -0.2) is 56.8 Å². The molecule has 0 saturated carbocycles. The molecule has 0 unspecified atom stereocenters. The first-order valence-corrected chi connectivity index (χ1v) is 9.24. The third-order valence-electron chi connectivity index (χ3n) is 3.81. The van der Waals surface area contributed by atoms with Crippen LogP contribution in [0.2, 0.25) is 0 Å². The van der Waals surface area contributed by atoms with E-state index in [2.05, 4.69) is 36.5 Å². The smallest absolute Gasteiger partial charge is 0.191 e. The Hall–Kier alpha value is -1.18. The van der Waals surface area contributed by atoms with E-state index in [9.17, 15) is 4.39 Å². The second kappa shape index (κ2) is 10.6. The summed E-state index contributed by atoms with van der Waals surface area (Å²) in [5.74, 6) is 0.484. The van der Waals surface area contributed by atoms with E-state index >= 15 is 0 Å². The lowest BCUT2D eigenvalue weighted by atomic mass is 10.2. The molecule has 1 saturated heterocycles. The molecule has 1 aliphatic heterocycles. The highest BCUT2D eigenvalue weighted by atomic mass is 79.9. The van der Waals surface area contributed by atoms with Gasteiger partial charge in [0.05, 0.1) is 19.8 Å². The highest BCUT2D eigenvalue weighted by molar-refractivity contribution is 9.10. The zero-order chi connectivity index (χ0) is 17.2. The second-order valence-corrected chi connectivity index (χ2v) is 6.58. The Bertz CT molecular complexity index is 535. The van der Waals surface area contributed by atoms with Crippen molar-refractivity contribution in [1.82, 2.24) is 15.5 Å². The number of halogens is 2. The Morgan fingerprint density at radius 3 is 2.83 bits per heavy atom. The van der Waals surface area contributed by atoms with E-state index in [1.54, 1.807) is 6.07 Å². The number of benzene rings is 1. The molecule has 1 aromatic rings. The fourth-order valence-electron chi connectivity index (χ4n) is 2.49. The SMILES string of the molecule is CCNC(=NCc1ccc(Br)cc1F)NCCCN1CCOCC1. The Balaban J connectivity index is 1.77. The van der Waals surface area contributed by atoms with E-state index in [1.807, 2.05) is 13.0 Å². The highest BCUT2D eigenvalue weighted by Crippen LogP contribution is 2.15. The molecule has 2 rings (SSSR count). The van der Waals surface area contributed by atoms with Crippen LogP contribution in [-0.2, 0) is 11.3 Å². The summed E-state index contributed by atoms with van der Waals surface area (Å²) < 4.78 is 19.9. The minimum atomic E-state index is -0.240. The predicted molar refractivity (Wildman–Crippen MR) is 98.8 cm³/mol. The molecule has 2 N–H and O–H groups in total. The van der Waals surface area contributed by atoms with E-state index in [1.165, 1.54) is 6.07 Å². The molecule has 24 heavy (non-hydrogen) atoms. The molecule has 0 aliphatic carbocycles. The molecule has 134 valence electrons. The van der Waals surface area contributed by atoms with Gasteiger partial charge in [0.25, 0.3) is 0 Å². The third-order valence-corrected chi connectivity index (χ3v) is 4.31. The standard InChI is InChI=1S/C17H26BrFN4O/c1-2-20-17(21-6-3-7-23-8-10-24-11-9-23)22-13-14-4-5-15(18)12-16(14)19/h4-5,12H,2-3,6-11,13H2,1H3,(H2,20,21,22). The molecule has 0 aromatic heterocycles. The van der Waals surface area contributed by atoms with Crippen molar-refractivity contribution in [3.05, 3.63) is 34.1 Å². The van der Waals surface area contributed by atoms with Crippen molar-refractivity contribution in [2.75, 3.05) is 45.9 Å². The molecule has 0 amide bonds. The minimum Gasteiger partial charge on any atom is -0.379 e. The summed E-state index contributed by atoms with van der Waals surface area (Å²) in [5, 5.41) is 6.51. The minimum absolute atomic E-state index is 0.240. The normalized spacial score (nSPS) is 16.2. The molecule has 1 fully saturated rings. The predicted octanol–water partition coefficient (Wildman–Crippen LogP) is 2.37. The van der Waals surface area contributed by atoms with Crippen LogP contribution in [0.15, 0.2) is 27.7 Å². The summed E-state index contributed by atoms with van der Waals surface area (Å²) >= 11 is 3.26. The first kappa shape index (κ1) is 19.1. The zero-order valence-corrected chi connectivity index (χ0v) is 15.7. The topological polar surface area (TPSA) is 48.9 Å². The Morgan fingerprint density at radius 1 is 1.33 bits per heavy atom. The summed E-state index contributed by atoms with van der Waals surface area (Å²) in [6.45, 7) is 8.69. The maximum atomic E-state index is 13.8. The van der Waals surface area contributed by atoms with Gasteiger partial charge in [0.1, 0.15) is 5.82 Å². The fourth-order valence-corrected chi connectivity index (χ4v) is 2.82. The lowest BCUT2D eigenvalue weighted by Gasteiger charge is -2.26. The van der Waals surface area contributed by atoms with Crippen molar-refractivity contribution >= 4 is 21.9 Å². The van der Waals surface area contributed by atoms with Gasteiger partial charge in [-0.05, 0) is 32.0 Å². The summed E-state index contributed by atoms with van der Waals surface area (Å²) in [6, 6.07) is 5.05. The number of aliphatic imine (C=N–C) groups is 1. The van der Waals surface area contributed by atoms with Crippen LogP contribution in [0.4, 0.5) is 4.39 Å².